The number of halogens is 1. The Morgan fingerprint density at radius 2 is 1.88 bits per heavy atom. The van der Waals surface area contributed by atoms with Gasteiger partial charge in [0.2, 0.25) is 17.6 Å². The van der Waals surface area contributed by atoms with E-state index in [4.69, 9.17) is 16.1 Å². The molecule has 1 N–H and O–H groups in total. The van der Waals surface area contributed by atoms with Gasteiger partial charge in [-0.25, -0.2) is 0 Å². The second-order valence-corrected chi connectivity index (χ2v) is 7.17. The smallest absolute Gasteiger partial charge is 0.246 e. The lowest BCUT2D eigenvalue weighted by Crippen LogP contribution is -2.22. The Hall–Kier alpha value is -2.31. The number of aromatic nitrogens is 2. The SMILES string of the molecule is O=C(CCCSc1ccc(Cl)cc1)NCc1nc(-c2ccccc2)no1. The standard InChI is InChI=1S/C19H18ClN3O2S/c20-15-8-10-16(11-9-15)26-12-4-7-17(24)21-13-18-22-19(23-25-18)14-5-2-1-3-6-14/h1-3,5-6,8-11H,4,7,12-13H2,(H,21,24). The van der Waals surface area contributed by atoms with Crippen LogP contribution in [0.15, 0.2) is 64.0 Å². The van der Waals surface area contributed by atoms with Gasteiger partial charge in [0.25, 0.3) is 0 Å². The lowest BCUT2D eigenvalue weighted by Gasteiger charge is -2.03. The van der Waals surface area contributed by atoms with E-state index in [0.29, 0.717) is 18.1 Å². The Kier molecular flexibility index (Phi) is 6.68. The molecule has 0 spiro atoms. The zero-order chi connectivity index (χ0) is 18.2. The van der Waals surface area contributed by atoms with Gasteiger partial charge in [-0.15, -0.1) is 11.8 Å². The zero-order valence-electron chi connectivity index (χ0n) is 14.0. The highest BCUT2D eigenvalue weighted by molar-refractivity contribution is 7.99. The normalized spacial score (nSPS) is 10.7. The predicted molar refractivity (Wildman–Crippen MR) is 103 cm³/mol. The van der Waals surface area contributed by atoms with Crippen LogP contribution < -0.4 is 5.32 Å². The molecule has 1 amide bonds. The van der Waals surface area contributed by atoms with Gasteiger partial charge in [0.05, 0.1) is 6.54 Å². The average molecular weight is 388 g/mol. The van der Waals surface area contributed by atoms with Crippen molar-refractivity contribution in [3.05, 3.63) is 65.5 Å². The minimum absolute atomic E-state index is 0.0267. The summed E-state index contributed by atoms with van der Waals surface area (Å²) >= 11 is 7.56. The Morgan fingerprint density at radius 3 is 2.65 bits per heavy atom. The van der Waals surface area contributed by atoms with Crippen molar-refractivity contribution in [3.63, 3.8) is 0 Å². The van der Waals surface area contributed by atoms with Gasteiger partial charge in [-0.05, 0) is 36.4 Å². The quantitative estimate of drug-likeness (QED) is 0.452. The molecule has 1 heterocycles. The van der Waals surface area contributed by atoms with Crippen molar-refractivity contribution in [2.24, 2.45) is 0 Å². The largest absolute Gasteiger partial charge is 0.347 e. The molecule has 5 nitrogen and oxygen atoms in total. The Bertz CT molecular complexity index is 838. The van der Waals surface area contributed by atoms with Crippen molar-refractivity contribution < 1.29 is 9.32 Å². The van der Waals surface area contributed by atoms with Gasteiger partial charge in [-0.1, -0.05) is 47.1 Å². The van der Waals surface area contributed by atoms with E-state index in [0.717, 1.165) is 27.7 Å². The molecule has 0 aliphatic carbocycles. The maximum atomic E-state index is 11.9. The summed E-state index contributed by atoms with van der Waals surface area (Å²) in [7, 11) is 0. The molecule has 0 aliphatic rings. The van der Waals surface area contributed by atoms with E-state index in [1.807, 2.05) is 54.6 Å². The minimum atomic E-state index is -0.0267. The van der Waals surface area contributed by atoms with Crippen molar-refractivity contribution in [3.8, 4) is 11.4 Å². The highest BCUT2D eigenvalue weighted by Crippen LogP contribution is 2.21. The molecule has 3 rings (SSSR count). The fourth-order valence-corrected chi connectivity index (χ4v) is 3.23. The molecular formula is C19H18ClN3O2S. The summed E-state index contributed by atoms with van der Waals surface area (Å²) in [6.45, 7) is 0.239. The van der Waals surface area contributed by atoms with Crippen molar-refractivity contribution >= 4 is 29.3 Å². The summed E-state index contributed by atoms with van der Waals surface area (Å²) in [6, 6.07) is 17.3. The Balaban J connectivity index is 1.36. The van der Waals surface area contributed by atoms with Gasteiger partial charge in [0, 0.05) is 21.9 Å². The highest BCUT2D eigenvalue weighted by atomic mass is 35.5. The molecule has 0 fully saturated rings. The van der Waals surface area contributed by atoms with Gasteiger partial charge in [0.15, 0.2) is 0 Å². The topological polar surface area (TPSA) is 68.0 Å². The number of hydrogen-bond acceptors (Lipinski definition) is 5. The van der Waals surface area contributed by atoms with Crippen LogP contribution in [0.25, 0.3) is 11.4 Å². The van der Waals surface area contributed by atoms with Crippen molar-refractivity contribution in [1.29, 1.82) is 0 Å². The molecule has 3 aromatic rings. The number of benzene rings is 2. The fourth-order valence-electron chi connectivity index (χ4n) is 2.25. The van der Waals surface area contributed by atoms with Crippen LogP contribution in [0.1, 0.15) is 18.7 Å². The van der Waals surface area contributed by atoms with Crippen LogP contribution >= 0.6 is 23.4 Å². The molecule has 0 aliphatic heterocycles. The van der Waals surface area contributed by atoms with E-state index in [9.17, 15) is 4.79 Å². The van der Waals surface area contributed by atoms with Crippen molar-refractivity contribution in [2.45, 2.75) is 24.3 Å². The van der Waals surface area contributed by atoms with Gasteiger partial charge in [-0.3, -0.25) is 4.79 Å². The summed E-state index contributed by atoms with van der Waals surface area (Å²) in [5, 5.41) is 7.46. The third-order valence-corrected chi connectivity index (χ3v) is 4.92. The van der Waals surface area contributed by atoms with Crippen LogP contribution in [-0.2, 0) is 11.3 Å². The number of thioether (sulfide) groups is 1. The first-order chi connectivity index (χ1) is 12.7. The van der Waals surface area contributed by atoms with Crippen LogP contribution in [0.2, 0.25) is 5.02 Å². The second kappa shape index (κ2) is 9.40. The molecule has 0 radical (unpaired) electrons. The number of nitrogens with zero attached hydrogens (tertiary/aromatic N) is 2. The van der Waals surface area contributed by atoms with Gasteiger partial charge in [-0.2, -0.15) is 4.98 Å². The summed E-state index contributed by atoms with van der Waals surface area (Å²) in [5.74, 6) is 1.76. The lowest BCUT2D eigenvalue weighted by atomic mass is 10.2. The van der Waals surface area contributed by atoms with E-state index >= 15 is 0 Å². The first-order valence-corrected chi connectivity index (χ1v) is 9.60. The van der Waals surface area contributed by atoms with E-state index in [1.54, 1.807) is 11.8 Å². The van der Waals surface area contributed by atoms with Crippen molar-refractivity contribution in [1.82, 2.24) is 15.5 Å². The van der Waals surface area contributed by atoms with E-state index in [1.165, 1.54) is 0 Å². The third-order valence-electron chi connectivity index (χ3n) is 3.57. The first kappa shape index (κ1) is 18.5. The van der Waals surface area contributed by atoms with Crippen LogP contribution in [0, 0.1) is 0 Å². The summed E-state index contributed by atoms with van der Waals surface area (Å²) in [4.78, 5) is 17.4. The molecule has 0 bridgehead atoms. The lowest BCUT2D eigenvalue weighted by molar-refractivity contribution is -0.121. The maximum Gasteiger partial charge on any atom is 0.246 e. The maximum absolute atomic E-state index is 11.9. The first-order valence-electron chi connectivity index (χ1n) is 8.24. The number of carbonyl (C=O) groups is 1. The number of amides is 1. The predicted octanol–water partition coefficient (Wildman–Crippen LogP) is 4.58. The second-order valence-electron chi connectivity index (χ2n) is 5.56. The summed E-state index contributed by atoms with van der Waals surface area (Å²) < 4.78 is 5.17. The highest BCUT2D eigenvalue weighted by Gasteiger charge is 2.09. The summed E-state index contributed by atoms with van der Waals surface area (Å²) in [5.41, 5.74) is 0.882. The van der Waals surface area contributed by atoms with Gasteiger partial charge >= 0.3 is 0 Å². The summed E-state index contributed by atoms with van der Waals surface area (Å²) in [6.07, 6.45) is 1.25. The number of rotatable bonds is 8. The van der Waals surface area contributed by atoms with Gasteiger partial charge < -0.3 is 9.84 Å². The molecule has 26 heavy (non-hydrogen) atoms. The number of hydrogen-bond donors (Lipinski definition) is 1. The van der Waals surface area contributed by atoms with Crippen LogP contribution in [0.4, 0.5) is 0 Å². The molecule has 0 saturated heterocycles. The van der Waals surface area contributed by atoms with E-state index in [-0.39, 0.29) is 12.5 Å². The molecule has 1 aromatic heterocycles. The van der Waals surface area contributed by atoms with Crippen molar-refractivity contribution in [2.75, 3.05) is 5.75 Å². The number of carbonyl (C=O) groups excluding carboxylic acids is 1. The Labute approximate surface area is 161 Å². The molecule has 134 valence electrons. The molecular weight excluding hydrogens is 370 g/mol. The molecule has 0 saturated carbocycles. The fraction of sp³-hybridized carbons (Fsp3) is 0.211. The zero-order valence-corrected chi connectivity index (χ0v) is 15.6. The molecule has 0 unspecified atom stereocenters. The van der Waals surface area contributed by atoms with Crippen LogP contribution in [0.5, 0.6) is 0 Å². The van der Waals surface area contributed by atoms with E-state index in [2.05, 4.69) is 15.5 Å². The Morgan fingerprint density at radius 1 is 1.12 bits per heavy atom. The van der Waals surface area contributed by atoms with Gasteiger partial charge in [0.1, 0.15) is 0 Å². The number of nitrogens with one attached hydrogen (secondary N) is 1. The molecule has 7 heteroatoms. The van der Waals surface area contributed by atoms with Crippen LogP contribution in [-0.4, -0.2) is 21.8 Å². The van der Waals surface area contributed by atoms with E-state index < -0.39 is 0 Å². The molecule has 0 atom stereocenters. The molecule has 2 aromatic carbocycles. The minimum Gasteiger partial charge on any atom is -0.347 e. The monoisotopic (exact) mass is 387 g/mol. The third kappa shape index (κ3) is 5.61. The van der Waals surface area contributed by atoms with Crippen LogP contribution in [0.3, 0.4) is 0 Å². The average Bonchev–Trinajstić information content (AvgIpc) is 3.15.